The van der Waals surface area contributed by atoms with Gasteiger partial charge in [0.05, 0.1) is 26.0 Å². The summed E-state index contributed by atoms with van der Waals surface area (Å²) < 4.78 is 10.6. The van der Waals surface area contributed by atoms with Crippen LogP contribution in [0.15, 0.2) is 24.3 Å². The lowest BCUT2D eigenvalue weighted by Gasteiger charge is -2.26. The van der Waals surface area contributed by atoms with E-state index in [0.29, 0.717) is 25.4 Å². The number of para-hydroxylation sites is 2. The van der Waals surface area contributed by atoms with Crippen LogP contribution in [0.5, 0.6) is 5.75 Å². The molecule has 2 saturated heterocycles. The van der Waals surface area contributed by atoms with Gasteiger partial charge in [-0.05, 0) is 12.1 Å². The van der Waals surface area contributed by atoms with E-state index < -0.39 is 0 Å². The zero-order valence-electron chi connectivity index (χ0n) is 15.1. The van der Waals surface area contributed by atoms with Gasteiger partial charge < -0.3 is 19.7 Å². The van der Waals surface area contributed by atoms with Crippen LogP contribution < -0.4 is 15.0 Å². The van der Waals surface area contributed by atoms with Crippen LogP contribution in [-0.4, -0.2) is 87.9 Å². The lowest BCUT2D eigenvalue weighted by Crippen LogP contribution is -2.44. The third-order valence-corrected chi connectivity index (χ3v) is 4.66. The third kappa shape index (κ3) is 4.44. The Hall–Kier alpha value is -2.32. The summed E-state index contributed by atoms with van der Waals surface area (Å²) in [5.41, 5.74) is 0.732. The van der Waals surface area contributed by atoms with Gasteiger partial charge in [0.25, 0.3) is 0 Å². The normalized spacial score (nSPS) is 18.3. The third-order valence-electron chi connectivity index (χ3n) is 4.66. The number of urea groups is 1. The number of hydrogen-bond donors (Lipinski definition) is 1. The Kier molecular flexibility index (Phi) is 6.30. The maximum atomic E-state index is 12.6. The molecule has 0 aliphatic carbocycles. The van der Waals surface area contributed by atoms with Crippen LogP contribution in [0, 0.1) is 0 Å². The smallest absolute Gasteiger partial charge is 0.325 e. The molecule has 142 valence electrons. The average molecular weight is 362 g/mol. The van der Waals surface area contributed by atoms with Gasteiger partial charge in [0.1, 0.15) is 12.3 Å². The quantitative estimate of drug-likeness (QED) is 0.759. The number of nitrogens with one attached hydrogen (secondary N) is 1. The molecule has 1 aromatic rings. The number of hydrogen-bond acceptors (Lipinski definition) is 5. The van der Waals surface area contributed by atoms with E-state index in [9.17, 15) is 9.59 Å². The van der Waals surface area contributed by atoms with Crippen molar-refractivity contribution in [2.45, 2.75) is 0 Å². The minimum absolute atomic E-state index is 0.0770. The van der Waals surface area contributed by atoms with Gasteiger partial charge in [0, 0.05) is 39.3 Å². The van der Waals surface area contributed by atoms with E-state index in [1.807, 2.05) is 24.3 Å². The van der Waals surface area contributed by atoms with Gasteiger partial charge in [-0.25, -0.2) is 4.79 Å². The number of nitrogens with zero attached hydrogens (tertiary/aromatic N) is 3. The van der Waals surface area contributed by atoms with E-state index in [-0.39, 0.29) is 18.5 Å². The van der Waals surface area contributed by atoms with Crippen molar-refractivity contribution in [1.29, 1.82) is 0 Å². The highest BCUT2D eigenvalue weighted by atomic mass is 16.5. The topological polar surface area (TPSA) is 74.3 Å². The molecule has 2 fully saturated rings. The van der Waals surface area contributed by atoms with Crippen LogP contribution in [-0.2, 0) is 9.53 Å². The number of ether oxygens (including phenoxy) is 2. The van der Waals surface area contributed by atoms with E-state index >= 15 is 0 Å². The first kappa shape index (κ1) is 18.5. The minimum atomic E-state index is -0.169. The van der Waals surface area contributed by atoms with Crippen LogP contribution in [0.4, 0.5) is 10.5 Å². The molecule has 3 amide bonds. The monoisotopic (exact) mass is 362 g/mol. The van der Waals surface area contributed by atoms with Gasteiger partial charge in [0.15, 0.2) is 0 Å². The molecule has 0 atom stereocenters. The Morgan fingerprint density at radius 1 is 1.19 bits per heavy atom. The summed E-state index contributed by atoms with van der Waals surface area (Å²) in [6.07, 6.45) is 0. The molecule has 8 heteroatoms. The molecule has 2 aliphatic rings. The highest BCUT2D eigenvalue weighted by molar-refractivity contribution is 5.97. The number of amides is 3. The van der Waals surface area contributed by atoms with Crippen molar-refractivity contribution >= 4 is 17.6 Å². The standard InChI is InChI=1S/C18H26N4O4/c1-25-16-5-3-2-4-15(16)22-9-8-21(18(22)24)14-17(23)19-6-7-20-10-12-26-13-11-20/h2-5H,6-14H2,1H3,(H,19,23). The molecule has 3 rings (SSSR count). The highest BCUT2D eigenvalue weighted by Gasteiger charge is 2.32. The number of carbonyl (C=O) groups is 2. The predicted octanol–water partition coefficient (Wildman–Crippen LogP) is 0.386. The summed E-state index contributed by atoms with van der Waals surface area (Å²) in [6, 6.07) is 7.24. The summed E-state index contributed by atoms with van der Waals surface area (Å²) >= 11 is 0. The van der Waals surface area contributed by atoms with E-state index in [1.54, 1.807) is 16.9 Å². The second kappa shape index (κ2) is 8.86. The van der Waals surface area contributed by atoms with Crippen LogP contribution in [0.1, 0.15) is 0 Å². The van der Waals surface area contributed by atoms with Gasteiger partial charge in [0.2, 0.25) is 5.91 Å². The van der Waals surface area contributed by atoms with E-state index in [0.717, 1.165) is 38.5 Å². The lowest BCUT2D eigenvalue weighted by molar-refractivity contribution is -0.121. The molecule has 0 unspecified atom stereocenters. The Morgan fingerprint density at radius 2 is 1.96 bits per heavy atom. The van der Waals surface area contributed by atoms with Gasteiger partial charge in [-0.3, -0.25) is 14.6 Å². The minimum Gasteiger partial charge on any atom is -0.495 e. The predicted molar refractivity (Wildman–Crippen MR) is 97.6 cm³/mol. The van der Waals surface area contributed by atoms with Crippen molar-refractivity contribution < 1.29 is 19.1 Å². The average Bonchev–Trinajstić information content (AvgIpc) is 3.03. The maximum Gasteiger partial charge on any atom is 0.325 e. The van der Waals surface area contributed by atoms with E-state index in [4.69, 9.17) is 9.47 Å². The fraction of sp³-hybridized carbons (Fsp3) is 0.556. The summed E-state index contributed by atoms with van der Waals surface area (Å²) in [7, 11) is 1.58. The zero-order chi connectivity index (χ0) is 18.4. The maximum absolute atomic E-state index is 12.6. The number of rotatable bonds is 7. The van der Waals surface area contributed by atoms with Crippen LogP contribution in [0.25, 0.3) is 0 Å². The van der Waals surface area contributed by atoms with Crippen molar-refractivity contribution in [2.75, 3.05) is 71.0 Å². The highest BCUT2D eigenvalue weighted by Crippen LogP contribution is 2.30. The summed E-state index contributed by atoms with van der Waals surface area (Å²) in [5.74, 6) is 0.520. The fourth-order valence-electron chi connectivity index (χ4n) is 3.21. The second-order valence-electron chi connectivity index (χ2n) is 6.33. The van der Waals surface area contributed by atoms with Gasteiger partial charge in [-0.2, -0.15) is 0 Å². The first-order chi connectivity index (χ1) is 12.7. The van der Waals surface area contributed by atoms with E-state index in [1.165, 1.54) is 0 Å². The fourth-order valence-corrected chi connectivity index (χ4v) is 3.21. The molecule has 0 radical (unpaired) electrons. The number of carbonyl (C=O) groups excluding carboxylic acids is 2. The largest absolute Gasteiger partial charge is 0.495 e. The molecule has 2 heterocycles. The van der Waals surface area contributed by atoms with Crippen molar-refractivity contribution in [3.63, 3.8) is 0 Å². The van der Waals surface area contributed by atoms with Gasteiger partial charge in [-0.15, -0.1) is 0 Å². The Bertz CT molecular complexity index is 633. The second-order valence-corrected chi connectivity index (χ2v) is 6.33. The lowest BCUT2D eigenvalue weighted by atomic mass is 10.2. The van der Waals surface area contributed by atoms with Crippen molar-refractivity contribution in [2.24, 2.45) is 0 Å². The van der Waals surface area contributed by atoms with E-state index in [2.05, 4.69) is 10.2 Å². The number of benzene rings is 1. The Morgan fingerprint density at radius 3 is 2.73 bits per heavy atom. The van der Waals surface area contributed by atoms with Gasteiger partial charge in [-0.1, -0.05) is 12.1 Å². The molecule has 8 nitrogen and oxygen atoms in total. The Labute approximate surface area is 153 Å². The SMILES string of the molecule is COc1ccccc1N1CCN(CC(=O)NCCN2CCOCC2)C1=O. The zero-order valence-corrected chi connectivity index (χ0v) is 15.1. The molecule has 1 aromatic carbocycles. The summed E-state index contributed by atoms with van der Waals surface area (Å²) in [6.45, 7) is 5.81. The number of morpholine rings is 1. The molecule has 26 heavy (non-hydrogen) atoms. The van der Waals surface area contributed by atoms with Crippen molar-refractivity contribution in [3.8, 4) is 5.75 Å². The number of anilines is 1. The molecule has 1 N–H and O–H groups in total. The van der Waals surface area contributed by atoms with Crippen molar-refractivity contribution in [3.05, 3.63) is 24.3 Å². The Balaban J connectivity index is 1.46. The molecule has 0 spiro atoms. The molecule has 2 aliphatic heterocycles. The van der Waals surface area contributed by atoms with Crippen LogP contribution in [0.3, 0.4) is 0 Å². The molecule has 0 aromatic heterocycles. The van der Waals surface area contributed by atoms with Crippen molar-refractivity contribution in [1.82, 2.24) is 15.1 Å². The number of methoxy groups -OCH3 is 1. The summed E-state index contributed by atoms with van der Waals surface area (Å²) in [5, 5.41) is 2.90. The molecule has 0 bridgehead atoms. The van der Waals surface area contributed by atoms with Crippen LogP contribution in [0.2, 0.25) is 0 Å². The van der Waals surface area contributed by atoms with Gasteiger partial charge >= 0.3 is 6.03 Å². The molecular weight excluding hydrogens is 336 g/mol. The molecule has 0 saturated carbocycles. The summed E-state index contributed by atoms with van der Waals surface area (Å²) in [4.78, 5) is 30.3. The first-order valence-corrected chi connectivity index (χ1v) is 8.95. The molecular formula is C18H26N4O4. The van der Waals surface area contributed by atoms with Crippen LogP contribution >= 0.6 is 0 Å². The first-order valence-electron chi connectivity index (χ1n) is 8.95.